The van der Waals surface area contributed by atoms with Crippen molar-refractivity contribution in [1.82, 2.24) is 24.5 Å². The van der Waals surface area contributed by atoms with Crippen LogP contribution in [-0.2, 0) is 12.0 Å². The number of aromatic nitrogens is 4. The molecule has 0 aliphatic heterocycles. The van der Waals surface area contributed by atoms with Gasteiger partial charge in [0.1, 0.15) is 23.1 Å². The maximum atomic E-state index is 13.1. The van der Waals surface area contributed by atoms with Crippen LogP contribution >= 0.6 is 22.9 Å². The molecular weight excluding hydrogens is 560 g/mol. The van der Waals surface area contributed by atoms with E-state index in [2.05, 4.69) is 15.6 Å². The smallest absolute Gasteiger partial charge is 0.320 e. The number of benzene rings is 3. The number of nitrogens with one attached hydrogen (secondary N) is 2. The summed E-state index contributed by atoms with van der Waals surface area (Å²) in [5.41, 5.74) is 2.97. The van der Waals surface area contributed by atoms with Gasteiger partial charge < -0.3 is 15.2 Å². The molecule has 2 amide bonds. The number of halogens is 1. The molecule has 11 heteroatoms. The Hall–Kier alpha value is -4.54. The van der Waals surface area contributed by atoms with Gasteiger partial charge in [-0.2, -0.15) is 5.10 Å². The fraction of sp³-hybridized carbons (Fsp3) is 0.167. The van der Waals surface area contributed by atoms with Crippen molar-refractivity contribution in [3.63, 3.8) is 0 Å². The third kappa shape index (κ3) is 5.44. The molecule has 208 valence electrons. The number of hydrogen-bond acceptors (Lipinski definition) is 6. The summed E-state index contributed by atoms with van der Waals surface area (Å²) >= 11 is 7.77. The number of carbonyl (C=O) groups is 1. The minimum absolute atomic E-state index is 0.0305. The van der Waals surface area contributed by atoms with Crippen molar-refractivity contribution < 1.29 is 14.6 Å². The Morgan fingerprint density at radius 3 is 2.73 bits per heavy atom. The van der Waals surface area contributed by atoms with Crippen LogP contribution < -0.4 is 15.4 Å². The number of imidazole rings is 1. The Labute approximate surface area is 245 Å². The topological polar surface area (TPSA) is 106 Å². The number of thiazole rings is 1. The number of amides is 2. The van der Waals surface area contributed by atoms with E-state index in [9.17, 15) is 9.90 Å². The molecule has 6 rings (SSSR count). The quantitative estimate of drug-likeness (QED) is 0.187. The predicted octanol–water partition coefficient (Wildman–Crippen LogP) is 7.51. The average Bonchev–Trinajstić information content (AvgIpc) is 3.65. The minimum atomic E-state index is -0.409. The van der Waals surface area contributed by atoms with Gasteiger partial charge in [0.2, 0.25) is 0 Å². The monoisotopic (exact) mass is 586 g/mol. The van der Waals surface area contributed by atoms with Crippen LogP contribution in [0.15, 0.2) is 79.1 Å². The van der Waals surface area contributed by atoms with E-state index in [-0.39, 0.29) is 22.7 Å². The molecule has 0 unspecified atom stereocenters. The fourth-order valence-electron chi connectivity index (χ4n) is 4.36. The molecule has 0 fully saturated rings. The van der Waals surface area contributed by atoms with E-state index >= 15 is 0 Å². The first kappa shape index (κ1) is 26.7. The van der Waals surface area contributed by atoms with E-state index in [1.54, 1.807) is 34.3 Å². The van der Waals surface area contributed by atoms with Gasteiger partial charge in [-0.1, -0.05) is 61.9 Å². The Balaban J connectivity index is 1.19. The lowest BCUT2D eigenvalue weighted by Crippen LogP contribution is -2.29. The largest absolute Gasteiger partial charge is 0.506 e. The number of carbonyl (C=O) groups excluding carboxylic acids is 1. The summed E-state index contributed by atoms with van der Waals surface area (Å²) in [4.78, 5) is 18.4. The van der Waals surface area contributed by atoms with Gasteiger partial charge in [0.05, 0.1) is 26.6 Å². The Bertz CT molecular complexity index is 1900. The highest BCUT2D eigenvalue weighted by atomic mass is 35.5. The molecule has 0 aliphatic rings. The number of aromatic hydroxyl groups is 1. The van der Waals surface area contributed by atoms with E-state index in [1.165, 1.54) is 6.07 Å². The van der Waals surface area contributed by atoms with Gasteiger partial charge in [-0.05, 0) is 36.4 Å². The molecule has 3 aromatic heterocycles. The zero-order valence-electron chi connectivity index (χ0n) is 22.6. The van der Waals surface area contributed by atoms with Gasteiger partial charge in [0.25, 0.3) is 0 Å². The number of anilines is 1. The standard InChI is InChI=1S/C30H27ClN6O3S/c1-30(2,3)26-16-27(37(35-26)19-8-10-23(38)21(31)14-19)34-28(39)33-17-18-6-4-5-7-24(18)40-20-9-11-25-22(15-20)36-13-12-32-29(36)41-25/h4-16,38H,17H2,1-3H3,(H2,33,34,39). The lowest BCUT2D eigenvalue weighted by Gasteiger charge is -2.14. The van der Waals surface area contributed by atoms with Crippen molar-refractivity contribution in [2.24, 2.45) is 0 Å². The van der Waals surface area contributed by atoms with Crippen molar-refractivity contribution in [2.45, 2.75) is 32.7 Å². The number of phenolic OH excluding ortho intramolecular Hbond substituents is 1. The first-order valence-electron chi connectivity index (χ1n) is 12.9. The second kappa shape index (κ2) is 10.5. The zero-order chi connectivity index (χ0) is 28.7. The highest BCUT2D eigenvalue weighted by Crippen LogP contribution is 2.33. The number of urea groups is 1. The summed E-state index contributed by atoms with van der Waals surface area (Å²) in [6.45, 7) is 6.36. The summed E-state index contributed by atoms with van der Waals surface area (Å²) in [6.07, 6.45) is 3.71. The van der Waals surface area contributed by atoms with E-state index in [1.807, 2.05) is 79.9 Å². The Morgan fingerprint density at radius 1 is 1.10 bits per heavy atom. The molecule has 0 aliphatic carbocycles. The van der Waals surface area contributed by atoms with Crippen molar-refractivity contribution in [3.8, 4) is 22.9 Å². The van der Waals surface area contributed by atoms with Crippen LogP contribution in [0.3, 0.4) is 0 Å². The number of nitrogens with zero attached hydrogens (tertiary/aromatic N) is 4. The lowest BCUT2D eigenvalue weighted by molar-refractivity contribution is 0.251. The maximum absolute atomic E-state index is 13.1. The molecule has 3 aromatic carbocycles. The highest BCUT2D eigenvalue weighted by molar-refractivity contribution is 7.23. The SMILES string of the molecule is CC(C)(C)c1cc(NC(=O)NCc2ccccc2Oc2ccc3sc4nccn4c3c2)n(-c2ccc(O)c(Cl)c2)n1. The van der Waals surface area contributed by atoms with E-state index in [0.717, 1.165) is 26.4 Å². The normalized spacial score (nSPS) is 11.7. The number of phenols is 1. The van der Waals surface area contributed by atoms with Gasteiger partial charge in [0, 0.05) is 42.0 Å². The number of hydrogen-bond donors (Lipinski definition) is 3. The van der Waals surface area contributed by atoms with Crippen LogP contribution in [0, 0.1) is 0 Å². The van der Waals surface area contributed by atoms with Crippen LogP contribution in [0.5, 0.6) is 17.2 Å². The van der Waals surface area contributed by atoms with Gasteiger partial charge in [-0.15, -0.1) is 0 Å². The number of ether oxygens (including phenoxy) is 1. The van der Waals surface area contributed by atoms with Crippen molar-refractivity contribution in [1.29, 1.82) is 0 Å². The summed E-state index contributed by atoms with van der Waals surface area (Å²) < 4.78 is 11.0. The Morgan fingerprint density at radius 2 is 1.93 bits per heavy atom. The first-order valence-corrected chi connectivity index (χ1v) is 14.1. The first-order chi connectivity index (χ1) is 19.7. The molecule has 9 nitrogen and oxygen atoms in total. The molecule has 0 radical (unpaired) electrons. The van der Waals surface area contributed by atoms with E-state index in [4.69, 9.17) is 21.4 Å². The fourth-order valence-corrected chi connectivity index (χ4v) is 5.50. The second-order valence-electron chi connectivity index (χ2n) is 10.5. The summed E-state index contributed by atoms with van der Waals surface area (Å²) in [6, 6.07) is 19.7. The van der Waals surface area contributed by atoms with E-state index < -0.39 is 6.03 Å². The molecule has 0 spiro atoms. The third-order valence-corrected chi connectivity index (χ3v) is 7.89. The van der Waals surface area contributed by atoms with Crippen LogP contribution in [0.25, 0.3) is 20.9 Å². The molecule has 0 saturated carbocycles. The average molecular weight is 587 g/mol. The van der Waals surface area contributed by atoms with E-state index in [0.29, 0.717) is 23.0 Å². The highest BCUT2D eigenvalue weighted by Gasteiger charge is 2.22. The maximum Gasteiger partial charge on any atom is 0.320 e. The summed E-state index contributed by atoms with van der Waals surface area (Å²) in [5, 5.41) is 20.6. The minimum Gasteiger partial charge on any atom is -0.506 e. The van der Waals surface area contributed by atoms with Crippen molar-refractivity contribution in [3.05, 3.63) is 95.4 Å². The molecule has 0 atom stereocenters. The van der Waals surface area contributed by atoms with Crippen molar-refractivity contribution >= 4 is 50.0 Å². The zero-order valence-corrected chi connectivity index (χ0v) is 24.1. The molecular formula is C30H27ClN6O3S. The van der Waals surface area contributed by atoms with Crippen LogP contribution in [0.1, 0.15) is 32.0 Å². The third-order valence-electron chi connectivity index (χ3n) is 6.53. The molecule has 6 aromatic rings. The molecule has 0 bridgehead atoms. The molecule has 3 N–H and O–H groups in total. The van der Waals surface area contributed by atoms with Crippen LogP contribution in [0.4, 0.5) is 10.6 Å². The summed E-state index contributed by atoms with van der Waals surface area (Å²) in [5.74, 6) is 1.77. The summed E-state index contributed by atoms with van der Waals surface area (Å²) in [7, 11) is 0. The number of rotatable bonds is 6. The number of fused-ring (bicyclic) bond motifs is 3. The lowest BCUT2D eigenvalue weighted by atomic mass is 9.92. The molecule has 3 heterocycles. The predicted molar refractivity (Wildman–Crippen MR) is 162 cm³/mol. The number of para-hydroxylation sites is 1. The second-order valence-corrected chi connectivity index (χ2v) is 12.0. The van der Waals surface area contributed by atoms with Crippen LogP contribution in [-0.4, -0.2) is 30.3 Å². The Kier molecular flexibility index (Phi) is 6.80. The molecule has 0 saturated heterocycles. The van der Waals surface area contributed by atoms with Gasteiger partial charge >= 0.3 is 6.03 Å². The van der Waals surface area contributed by atoms with Gasteiger partial charge in [0.15, 0.2) is 4.96 Å². The van der Waals surface area contributed by atoms with Gasteiger partial charge in [-0.3, -0.25) is 9.72 Å². The van der Waals surface area contributed by atoms with Crippen molar-refractivity contribution in [2.75, 3.05) is 5.32 Å². The van der Waals surface area contributed by atoms with Gasteiger partial charge in [-0.25, -0.2) is 14.5 Å². The van der Waals surface area contributed by atoms with Crippen LogP contribution in [0.2, 0.25) is 5.02 Å². The molecule has 41 heavy (non-hydrogen) atoms.